The first kappa shape index (κ1) is 13.0. The van der Waals surface area contributed by atoms with Gasteiger partial charge in [-0.05, 0) is 48.1 Å². The lowest BCUT2D eigenvalue weighted by Crippen LogP contribution is -2.15. The van der Waals surface area contributed by atoms with Gasteiger partial charge in [0.25, 0.3) is 0 Å². The van der Waals surface area contributed by atoms with E-state index < -0.39 is 0 Å². The molecule has 0 aromatic heterocycles. The fourth-order valence-electron chi connectivity index (χ4n) is 2.83. The smallest absolute Gasteiger partial charge is 0.0423 e. The average molecular weight is 266 g/mol. The van der Waals surface area contributed by atoms with Gasteiger partial charge in [-0.2, -0.15) is 0 Å². The second-order valence-corrected chi connectivity index (χ2v) is 5.39. The van der Waals surface area contributed by atoms with Crippen LogP contribution >= 0.6 is 0 Å². The molecule has 1 aliphatic heterocycles. The number of para-hydroxylation sites is 1. The van der Waals surface area contributed by atoms with E-state index in [2.05, 4.69) is 60.0 Å². The zero-order valence-electron chi connectivity index (χ0n) is 12.1. The van der Waals surface area contributed by atoms with Gasteiger partial charge < -0.3 is 10.6 Å². The summed E-state index contributed by atoms with van der Waals surface area (Å²) in [5.41, 5.74) is 6.75. The van der Waals surface area contributed by atoms with Crippen molar-refractivity contribution in [3.8, 4) is 0 Å². The molecule has 104 valence electrons. The van der Waals surface area contributed by atoms with Crippen LogP contribution in [0.5, 0.6) is 0 Å². The maximum atomic E-state index is 3.55. The van der Waals surface area contributed by atoms with E-state index in [9.17, 15) is 0 Å². The summed E-state index contributed by atoms with van der Waals surface area (Å²) in [6.07, 6.45) is 3.52. The van der Waals surface area contributed by atoms with Gasteiger partial charge in [-0.25, -0.2) is 0 Å². The molecule has 3 rings (SSSR count). The van der Waals surface area contributed by atoms with Crippen LogP contribution in [-0.2, 0) is 19.4 Å². The molecule has 2 nitrogen and oxygen atoms in total. The number of hydrogen-bond donors (Lipinski definition) is 2. The fourth-order valence-corrected chi connectivity index (χ4v) is 2.83. The Morgan fingerprint density at radius 3 is 2.95 bits per heavy atom. The van der Waals surface area contributed by atoms with Crippen molar-refractivity contribution in [2.24, 2.45) is 0 Å². The average Bonchev–Trinajstić information content (AvgIpc) is 2.53. The Kier molecular flexibility index (Phi) is 3.91. The predicted molar refractivity (Wildman–Crippen MR) is 86.4 cm³/mol. The topological polar surface area (TPSA) is 24.1 Å². The molecule has 20 heavy (non-hydrogen) atoms. The molecule has 1 aliphatic rings. The Balaban J connectivity index is 1.75. The highest BCUT2D eigenvalue weighted by molar-refractivity contribution is 5.60. The summed E-state index contributed by atoms with van der Waals surface area (Å²) in [5, 5.41) is 7.10. The molecule has 0 radical (unpaired) electrons. The minimum Gasteiger partial charge on any atom is -0.385 e. The number of benzene rings is 2. The van der Waals surface area contributed by atoms with Gasteiger partial charge in [0.15, 0.2) is 0 Å². The Morgan fingerprint density at radius 1 is 1.15 bits per heavy atom. The summed E-state index contributed by atoms with van der Waals surface area (Å²) in [5.74, 6) is 0. The van der Waals surface area contributed by atoms with Gasteiger partial charge in [0, 0.05) is 24.5 Å². The second kappa shape index (κ2) is 6.00. The van der Waals surface area contributed by atoms with E-state index in [-0.39, 0.29) is 0 Å². The van der Waals surface area contributed by atoms with Crippen LogP contribution in [0.3, 0.4) is 0 Å². The summed E-state index contributed by atoms with van der Waals surface area (Å²) in [7, 11) is 0. The van der Waals surface area contributed by atoms with Crippen LogP contribution in [0.1, 0.15) is 30.0 Å². The molecule has 2 heteroatoms. The number of hydrogen-bond acceptors (Lipinski definition) is 2. The van der Waals surface area contributed by atoms with Gasteiger partial charge in [0.1, 0.15) is 0 Å². The van der Waals surface area contributed by atoms with Crippen molar-refractivity contribution >= 4 is 11.4 Å². The molecule has 0 aliphatic carbocycles. The van der Waals surface area contributed by atoms with Gasteiger partial charge in [-0.15, -0.1) is 0 Å². The van der Waals surface area contributed by atoms with Crippen LogP contribution in [-0.4, -0.2) is 6.54 Å². The lowest BCUT2D eigenvalue weighted by atomic mass is 9.99. The zero-order valence-corrected chi connectivity index (χ0v) is 12.1. The maximum Gasteiger partial charge on any atom is 0.0423 e. The molecule has 0 amide bonds. The Bertz CT molecular complexity index is 590. The van der Waals surface area contributed by atoms with Gasteiger partial charge in [0.05, 0.1) is 0 Å². The highest BCUT2D eigenvalue weighted by Gasteiger charge is 2.11. The number of anilines is 2. The van der Waals surface area contributed by atoms with Gasteiger partial charge in [0.2, 0.25) is 0 Å². The van der Waals surface area contributed by atoms with Crippen LogP contribution < -0.4 is 10.6 Å². The molecular formula is C18H22N2. The van der Waals surface area contributed by atoms with Crippen molar-refractivity contribution in [1.82, 2.24) is 0 Å². The molecule has 0 spiro atoms. The highest BCUT2D eigenvalue weighted by atomic mass is 14.9. The van der Waals surface area contributed by atoms with E-state index >= 15 is 0 Å². The molecule has 0 saturated carbocycles. The van der Waals surface area contributed by atoms with E-state index in [0.29, 0.717) is 0 Å². The number of nitrogens with one attached hydrogen (secondary N) is 2. The first-order chi connectivity index (χ1) is 9.86. The molecular weight excluding hydrogens is 244 g/mol. The molecule has 0 saturated heterocycles. The molecule has 0 atom stereocenters. The van der Waals surface area contributed by atoms with Crippen LogP contribution in [0.25, 0.3) is 0 Å². The Hall–Kier alpha value is -1.96. The van der Waals surface area contributed by atoms with Gasteiger partial charge in [-0.1, -0.05) is 37.3 Å². The summed E-state index contributed by atoms with van der Waals surface area (Å²) >= 11 is 0. The van der Waals surface area contributed by atoms with Crippen molar-refractivity contribution in [3.05, 3.63) is 59.2 Å². The minimum absolute atomic E-state index is 0.878. The van der Waals surface area contributed by atoms with Crippen molar-refractivity contribution < 1.29 is 0 Å². The van der Waals surface area contributed by atoms with Gasteiger partial charge in [-0.3, -0.25) is 0 Å². The first-order valence-electron chi connectivity index (χ1n) is 7.54. The molecule has 2 N–H and O–H groups in total. The van der Waals surface area contributed by atoms with Crippen molar-refractivity contribution in [3.63, 3.8) is 0 Å². The summed E-state index contributed by atoms with van der Waals surface area (Å²) < 4.78 is 0. The van der Waals surface area contributed by atoms with Crippen LogP contribution in [0.4, 0.5) is 11.4 Å². The summed E-state index contributed by atoms with van der Waals surface area (Å²) in [6, 6.07) is 15.3. The van der Waals surface area contributed by atoms with Crippen LogP contribution in [0.2, 0.25) is 0 Å². The van der Waals surface area contributed by atoms with Crippen molar-refractivity contribution in [2.45, 2.75) is 32.7 Å². The highest BCUT2D eigenvalue weighted by Crippen LogP contribution is 2.26. The van der Waals surface area contributed by atoms with E-state index in [1.165, 1.54) is 40.9 Å². The normalized spacial score (nSPS) is 13.4. The van der Waals surface area contributed by atoms with E-state index in [0.717, 1.165) is 19.5 Å². The van der Waals surface area contributed by atoms with Crippen molar-refractivity contribution in [1.29, 1.82) is 0 Å². The SMILES string of the molecule is CCc1cccc(NCc2cccc3c2NCCC3)c1. The molecule has 0 bridgehead atoms. The van der Waals surface area contributed by atoms with E-state index in [4.69, 9.17) is 0 Å². The second-order valence-electron chi connectivity index (χ2n) is 5.39. The lowest BCUT2D eigenvalue weighted by Gasteiger charge is -2.21. The van der Waals surface area contributed by atoms with E-state index in [1.54, 1.807) is 0 Å². The number of aryl methyl sites for hydroxylation is 2. The molecule has 0 unspecified atom stereocenters. The van der Waals surface area contributed by atoms with E-state index in [1.807, 2.05) is 0 Å². The first-order valence-corrected chi connectivity index (χ1v) is 7.54. The number of rotatable bonds is 4. The molecule has 0 fully saturated rings. The third-order valence-corrected chi connectivity index (χ3v) is 3.98. The monoisotopic (exact) mass is 266 g/mol. The zero-order chi connectivity index (χ0) is 13.8. The standard InChI is InChI=1S/C18H22N2/c1-2-14-6-3-10-17(12-14)20-13-16-8-4-7-15-9-5-11-19-18(15)16/h3-4,6-8,10,12,19-20H,2,5,9,11,13H2,1H3. The quantitative estimate of drug-likeness (QED) is 0.866. The Morgan fingerprint density at radius 2 is 2.05 bits per heavy atom. The van der Waals surface area contributed by atoms with Crippen LogP contribution in [0.15, 0.2) is 42.5 Å². The Labute approximate surface area is 121 Å². The molecule has 2 aromatic carbocycles. The molecule has 2 aromatic rings. The lowest BCUT2D eigenvalue weighted by molar-refractivity contribution is 0.825. The number of fused-ring (bicyclic) bond motifs is 1. The van der Waals surface area contributed by atoms with Crippen molar-refractivity contribution in [2.75, 3.05) is 17.2 Å². The summed E-state index contributed by atoms with van der Waals surface area (Å²) in [6.45, 7) is 4.16. The fraction of sp³-hybridized carbons (Fsp3) is 0.333. The largest absolute Gasteiger partial charge is 0.385 e. The third kappa shape index (κ3) is 2.79. The van der Waals surface area contributed by atoms with Crippen LogP contribution in [0, 0.1) is 0 Å². The van der Waals surface area contributed by atoms with Gasteiger partial charge >= 0.3 is 0 Å². The summed E-state index contributed by atoms with van der Waals surface area (Å²) in [4.78, 5) is 0. The minimum atomic E-state index is 0.878. The molecule has 1 heterocycles. The predicted octanol–water partition coefficient (Wildman–Crippen LogP) is 4.22. The maximum absolute atomic E-state index is 3.55. The third-order valence-electron chi connectivity index (χ3n) is 3.98.